The van der Waals surface area contributed by atoms with E-state index in [0.29, 0.717) is 10.9 Å². The van der Waals surface area contributed by atoms with Crippen LogP contribution in [0, 0.1) is 0 Å². The van der Waals surface area contributed by atoms with Crippen molar-refractivity contribution < 1.29 is 4.74 Å². The molecule has 3 rings (SSSR count). The Labute approximate surface area is 103 Å². The molecular weight excluding hydrogens is 266 g/mol. The Balaban J connectivity index is 1.91. The van der Waals surface area contributed by atoms with Crippen molar-refractivity contribution >= 4 is 26.8 Å². The number of nitrogens with zero attached hydrogens (tertiary/aromatic N) is 1. The summed E-state index contributed by atoms with van der Waals surface area (Å²) in [6, 6.07) is 10.0. The number of fused-ring (bicyclic) bond motifs is 1. The lowest BCUT2D eigenvalue weighted by Gasteiger charge is -2.31. The summed E-state index contributed by atoms with van der Waals surface area (Å²) in [6.07, 6.45) is 4.35. The molecule has 1 aromatic carbocycles. The summed E-state index contributed by atoms with van der Waals surface area (Å²) in [5, 5.41) is 1.10. The van der Waals surface area contributed by atoms with E-state index in [1.165, 1.54) is 0 Å². The molecular formula is C13H12BrNO. The van der Waals surface area contributed by atoms with E-state index in [1.54, 1.807) is 0 Å². The third kappa shape index (κ3) is 1.80. The zero-order valence-electron chi connectivity index (χ0n) is 8.77. The van der Waals surface area contributed by atoms with E-state index in [-0.39, 0.29) is 0 Å². The molecule has 2 aromatic rings. The maximum absolute atomic E-state index is 5.96. The van der Waals surface area contributed by atoms with E-state index in [4.69, 9.17) is 4.74 Å². The lowest BCUT2D eigenvalue weighted by atomic mass is 9.96. The van der Waals surface area contributed by atoms with Crippen LogP contribution in [0.1, 0.15) is 12.8 Å². The first-order valence-electron chi connectivity index (χ1n) is 5.47. The highest BCUT2D eigenvalue weighted by Crippen LogP contribution is 2.33. The number of benzene rings is 1. The number of pyridine rings is 1. The number of aromatic nitrogens is 1. The number of rotatable bonds is 2. The van der Waals surface area contributed by atoms with Crippen molar-refractivity contribution in [2.24, 2.45) is 0 Å². The lowest BCUT2D eigenvalue weighted by Crippen LogP contribution is -2.33. The van der Waals surface area contributed by atoms with E-state index >= 15 is 0 Å². The van der Waals surface area contributed by atoms with E-state index in [1.807, 2.05) is 30.5 Å². The minimum Gasteiger partial charge on any atom is -0.490 e. The van der Waals surface area contributed by atoms with E-state index in [2.05, 4.69) is 27.0 Å². The maximum atomic E-state index is 5.96. The Bertz CT molecular complexity index is 503. The van der Waals surface area contributed by atoms with Crippen molar-refractivity contribution in [1.82, 2.24) is 4.98 Å². The lowest BCUT2D eigenvalue weighted by molar-refractivity contribution is 0.130. The second-order valence-electron chi connectivity index (χ2n) is 4.13. The van der Waals surface area contributed by atoms with Crippen molar-refractivity contribution in [2.45, 2.75) is 23.8 Å². The van der Waals surface area contributed by atoms with Crippen molar-refractivity contribution in [3.8, 4) is 5.75 Å². The highest BCUT2D eigenvalue weighted by atomic mass is 79.9. The molecule has 1 aliphatic carbocycles. The molecule has 0 amide bonds. The van der Waals surface area contributed by atoms with Gasteiger partial charge in [-0.3, -0.25) is 4.98 Å². The molecule has 1 fully saturated rings. The summed E-state index contributed by atoms with van der Waals surface area (Å²) in [4.78, 5) is 4.95. The van der Waals surface area contributed by atoms with Crippen LogP contribution in [0.5, 0.6) is 5.75 Å². The van der Waals surface area contributed by atoms with Crippen LogP contribution in [-0.2, 0) is 0 Å². The topological polar surface area (TPSA) is 22.1 Å². The molecule has 0 bridgehead atoms. The Morgan fingerprint density at radius 1 is 1.19 bits per heavy atom. The fourth-order valence-corrected chi connectivity index (χ4v) is 2.79. The van der Waals surface area contributed by atoms with E-state index < -0.39 is 0 Å². The predicted octanol–water partition coefficient (Wildman–Crippen LogP) is 3.54. The molecule has 3 heteroatoms. The summed E-state index contributed by atoms with van der Waals surface area (Å²) in [6.45, 7) is 0. The van der Waals surface area contributed by atoms with Crippen molar-refractivity contribution in [3.63, 3.8) is 0 Å². The van der Waals surface area contributed by atoms with Gasteiger partial charge in [-0.25, -0.2) is 0 Å². The van der Waals surface area contributed by atoms with Gasteiger partial charge in [-0.1, -0.05) is 22.0 Å². The molecule has 0 spiro atoms. The predicted molar refractivity (Wildman–Crippen MR) is 68.1 cm³/mol. The first-order chi connectivity index (χ1) is 7.83. The molecule has 0 atom stereocenters. The minimum atomic E-state index is 0.357. The number of halogens is 1. The van der Waals surface area contributed by atoms with Gasteiger partial charge in [0.2, 0.25) is 0 Å². The minimum absolute atomic E-state index is 0.357. The van der Waals surface area contributed by atoms with Crippen molar-refractivity contribution in [2.75, 3.05) is 0 Å². The normalized spacial score (nSPS) is 24.1. The average Bonchev–Trinajstić information content (AvgIpc) is 2.27. The van der Waals surface area contributed by atoms with Gasteiger partial charge >= 0.3 is 0 Å². The fourth-order valence-electron chi connectivity index (χ4n) is 1.96. The quantitative estimate of drug-likeness (QED) is 0.784. The molecule has 1 aromatic heterocycles. The molecule has 0 aliphatic heterocycles. The Kier molecular flexibility index (Phi) is 2.56. The van der Waals surface area contributed by atoms with Crippen molar-refractivity contribution in [3.05, 3.63) is 36.5 Å². The van der Waals surface area contributed by atoms with Crippen LogP contribution in [0.3, 0.4) is 0 Å². The van der Waals surface area contributed by atoms with Gasteiger partial charge in [0.05, 0.1) is 5.52 Å². The molecule has 0 radical (unpaired) electrons. The van der Waals surface area contributed by atoms with Crippen LogP contribution in [0.25, 0.3) is 10.9 Å². The van der Waals surface area contributed by atoms with Gasteiger partial charge in [-0.15, -0.1) is 0 Å². The third-order valence-electron chi connectivity index (χ3n) is 2.94. The van der Waals surface area contributed by atoms with Crippen LogP contribution >= 0.6 is 15.9 Å². The molecule has 0 unspecified atom stereocenters. The van der Waals surface area contributed by atoms with E-state index in [0.717, 1.165) is 29.5 Å². The summed E-state index contributed by atoms with van der Waals surface area (Å²) >= 11 is 3.57. The van der Waals surface area contributed by atoms with Crippen molar-refractivity contribution in [1.29, 1.82) is 0 Å². The number of ether oxygens (including phenoxy) is 1. The van der Waals surface area contributed by atoms with E-state index in [9.17, 15) is 0 Å². The summed E-state index contributed by atoms with van der Waals surface area (Å²) in [5.74, 6) is 0.954. The highest BCUT2D eigenvalue weighted by Gasteiger charge is 2.28. The molecule has 1 saturated carbocycles. The third-order valence-corrected chi connectivity index (χ3v) is 3.68. The Morgan fingerprint density at radius 3 is 2.88 bits per heavy atom. The summed E-state index contributed by atoms with van der Waals surface area (Å²) in [5.41, 5.74) is 0.995. The first-order valence-corrected chi connectivity index (χ1v) is 6.39. The second-order valence-corrected chi connectivity index (χ2v) is 5.43. The Hall–Kier alpha value is -1.09. The van der Waals surface area contributed by atoms with Gasteiger partial charge in [0.1, 0.15) is 11.9 Å². The molecule has 1 aliphatic rings. The number of alkyl halides is 1. The second kappa shape index (κ2) is 4.06. The smallest absolute Gasteiger partial charge is 0.129 e. The zero-order valence-corrected chi connectivity index (χ0v) is 10.4. The van der Waals surface area contributed by atoms with Gasteiger partial charge in [-0.05, 0) is 37.1 Å². The molecule has 1 heterocycles. The summed E-state index contributed by atoms with van der Waals surface area (Å²) < 4.78 is 5.96. The summed E-state index contributed by atoms with van der Waals surface area (Å²) in [7, 11) is 0. The molecule has 0 N–H and O–H groups in total. The first kappa shape index (κ1) is 10.1. The number of hydrogen-bond acceptors (Lipinski definition) is 2. The SMILES string of the molecule is BrC1CC(Oc2cccc3ncccc23)C1. The van der Waals surface area contributed by atoms with Gasteiger partial charge in [0.15, 0.2) is 0 Å². The Morgan fingerprint density at radius 2 is 2.06 bits per heavy atom. The van der Waals surface area contributed by atoms with Gasteiger partial charge in [0.25, 0.3) is 0 Å². The monoisotopic (exact) mass is 277 g/mol. The van der Waals surface area contributed by atoms with Crippen LogP contribution in [-0.4, -0.2) is 15.9 Å². The molecule has 0 saturated heterocycles. The van der Waals surface area contributed by atoms with Crippen LogP contribution in [0.15, 0.2) is 36.5 Å². The highest BCUT2D eigenvalue weighted by molar-refractivity contribution is 9.09. The van der Waals surface area contributed by atoms with Crippen LogP contribution in [0.4, 0.5) is 0 Å². The van der Waals surface area contributed by atoms with Gasteiger partial charge in [-0.2, -0.15) is 0 Å². The van der Waals surface area contributed by atoms with Gasteiger partial charge in [0, 0.05) is 16.4 Å². The fraction of sp³-hybridized carbons (Fsp3) is 0.308. The van der Waals surface area contributed by atoms with Crippen LogP contribution in [0.2, 0.25) is 0 Å². The molecule has 82 valence electrons. The number of hydrogen-bond donors (Lipinski definition) is 0. The molecule has 2 nitrogen and oxygen atoms in total. The zero-order chi connectivity index (χ0) is 11.0. The van der Waals surface area contributed by atoms with Crippen LogP contribution < -0.4 is 4.74 Å². The largest absolute Gasteiger partial charge is 0.490 e. The molecule has 16 heavy (non-hydrogen) atoms. The standard InChI is InChI=1S/C13H12BrNO/c14-9-7-10(8-9)16-13-5-1-4-12-11(13)3-2-6-15-12/h1-6,9-10H,7-8H2. The maximum Gasteiger partial charge on any atom is 0.129 e. The van der Waals surface area contributed by atoms with Gasteiger partial charge < -0.3 is 4.74 Å². The average molecular weight is 278 g/mol.